The molecule has 1 unspecified atom stereocenters. The smallest absolute Gasteiger partial charge is 0.265 e. The van der Waals surface area contributed by atoms with Crippen molar-refractivity contribution in [3.05, 3.63) is 0 Å². The van der Waals surface area contributed by atoms with Crippen LogP contribution < -0.4 is 0 Å². The Bertz CT molecular complexity index is 203. The summed E-state index contributed by atoms with van der Waals surface area (Å²) in [6, 6.07) is 0. The van der Waals surface area contributed by atoms with E-state index in [4.69, 9.17) is 28.1 Å². The van der Waals surface area contributed by atoms with Crippen molar-refractivity contribution in [1.29, 1.82) is 0 Å². The largest absolute Gasteiger partial charge is 0.286 e. The van der Waals surface area contributed by atoms with Crippen molar-refractivity contribution in [2.24, 2.45) is 5.92 Å². The van der Waals surface area contributed by atoms with Crippen molar-refractivity contribution in [3.63, 3.8) is 0 Å². The van der Waals surface area contributed by atoms with E-state index < -0.39 is 10.1 Å². The van der Waals surface area contributed by atoms with Crippen molar-refractivity contribution in [2.75, 3.05) is 12.3 Å². The summed E-state index contributed by atoms with van der Waals surface area (Å²) in [5.74, 6) is -0.622. The third kappa shape index (κ3) is 8.36. The maximum Gasteiger partial charge on any atom is 0.265 e. The average Bonchev–Trinajstić information content (AvgIpc) is 1.53. The van der Waals surface area contributed by atoms with Crippen LogP contribution in [0.15, 0.2) is 0 Å². The van der Waals surface area contributed by atoms with Gasteiger partial charge in [-0.3, -0.25) is 4.55 Å². The van der Waals surface area contributed by atoms with Gasteiger partial charge < -0.3 is 0 Å². The summed E-state index contributed by atoms with van der Waals surface area (Å²) in [4.78, 5) is 0. The first-order valence-corrected chi connectivity index (χ1v) is 5.14. The molecule has 4 nitrogen and oxygen atoms in total. The van der Waals surface area contributed by atoms with E-state index >= 15 is 0 Å². The zero-order valence-corrected chi connectivity index (χ0v) is 8.20. The topological polar surface area (TPSA) is 57.6 Å². The zero-order chi connectivity index (χ0) is 9.07. The first-order chi connectivity index (χ1) is 4.81. The molecule has 11 heavy (non-hydrogen) atoms. The Morgan fingerprint density at radius 2 is 2.00 bits per heavy atom. The molecule has 1 atom stereocenters. The fourth-order valence-electron chi connectivity index (χ4n) is 0.648. The molecule has 0 saturated carbocycles. The molecule has 0 aliphatic carbocycles. The van der Waals surface area contributed by atoms with E-state index in [2.05, 4.69) is 0 Å². The lowest BCUT2D eigenvalue weighted by atomic mass is 10.2. The van der Waals surface area contributed by atoms with Crippen molar-refractivity contribution in [3.8, 4) is 0 Å². The molecule has 0 rings (SSSR count). The monoisotopic (exact) mass is 221 g/mol. The van der Waals surface area contributed by atoms with Crippen molar-refractivity contribution < 1.29 is 13.0 Å². The molecule has 0 spiro atoms. The predicted octanol–water partition coefficient (Wildman–Crippen LogP) is 1.12. The van der Waals surface area contributed by atoms with Crippen LogP contribution in [0.25, 0.3) is 0 Å². The second-order valence-electron chi connectivity index (χ2n) is 2.34. The number of hydrogen-bond donors (Lipinski definition) is 1. The van der Waals surface area contributed by atoms with Gasteiger partial charge in [-0.1, -0.05) is 6.92 Å². The third-order valence-electron chi connectivity index (χ3n) is 0.945. The number of hydrogen-bond acceptors (Lipinski definition) is 3. The van der Waals surface area contributed by atoms with Gasteiger partial charge >= 0.3 is 0 Å². The minimum atomic E-state index is -3.91. The predicted molar refractivity (Wildman–Crippen MR) is 44.0 cm³/mol. The molecule has 0 bridgehead atoms. The van der Waals surface area contributed by atoms with Crippen LogP contribution in [0, 0.1) is 5.92 Å². The Balaban J connectivity index is 3.80. The van der Waals surface area contributed by atoms with Crippen LogP contribution in [0.2, 0.25) is 0 Å². The Morgan fingerprint density at radius 1 is 1.55 bits per heavy atom. The summed E-state index contributed by atoms with van der Waals surface area (Å²) in [6.45, 7) is 1.81. The maximum atomic E-state index is 10.3. The Kier molecular flexibility index (Phi) is 4.65. The van der Waals surface area contributed by atoms with Gasteiger partial charge in [0.2, 0.25) is 0 Å². The fourth-order valence-corrected chi connectivity index (χ4v) is 1.94. The second kappa shape index (κ2) is 4.47. The highest BCUT2D eigenvalue weighted by Gasteiger charge is 2.13. The molecule has 0 aromatic rings. The van der Waals surface area contributed by atoms with E-state index in [-0.39, 0.29) is 18.2 Å². The number of rotatable bonds is 4. The Morgan fingerprint density at radius 3 is 2.27 bits per heavy atom. The lowest BCUT2D eigenvalue weighted by Crippen LogP contribution is -2.20. The summed E-state index contributed by atoms with van der Waals surface area (Å²) >= 11 is 10.4. The SMILES string of the molecule is CC(CN(Cl)Cl)CS(=O)(=O)O. The van der Waals surface area contributed by atoms with Crippen LogP contribution in [0.5, 0.6) is 0 Å². The van der Waals surface area contributed by atoms with Gasteiger partial charge in [0.05, 0.1) is 5.75 Å². The zero-order valence-electron chi connectivity index (χ0n) is 5.87. The van der Waals surface area contributed by atoms with E-state index in [1.807, 2.05) is 0 Å². The second-order valence-corrected chi connectivity index (χ2v) is 4.83. The molecule has 7 heteroatoms. The Hall–Kier alpha value is 0.450. The highest BCUT2D eigenvalue weighted by molar-refractivity contribution is 7.85. The van der Waals surface area contributed by atoms with Crippen LogP contribution in [-0.4, -0.2) is 29.2 Å². The lowest BCUT2D eigenvalue weighted by Gasteiger charge is -2.10. The quantitative estimate of drug-likeness (QED) is 0.572. The summed E-state index contributed by atoms with van der Waals surface area (Å²) in [7, 11) is -3.91. The number of halogens is 2. The van der Waals surface area contributed by atoms with E-state index in [0.717, 1.165) is 3.94 Å². The van der Waals surface area contributed by atoms with Crippen LogP contribution in [0.4, 0.5) is 0 Å². The van der Waals surface area contributed by atoms with Crippen molar-refractivity contribution in [2.45, 2.75) is 6.92 Å². The van der Waals surface area contributed by atoms with Gasteiger partial charge in [-0.2, -0.15) is 8.42 Å². The van der Waals surface area contributed by atoms with Gasteiger partial charge in [0.1, 0.15) is 0 Å². The molecule has 0 radical (unpaired) electrons. The van der Waals surface area contributed by atoms with E-state index in [9.17, 15) is 8.42 Å². The highest BCUT2D eigenvalue weighted by Crippen LogP contribution is 2.07. The lowest BCUT2D eigenvalue weighted by molar-refractivity contribution is 0.458. The summed E-state index contributed by atoms with van der Waals surface area (Å²) < 4.78 is 29.7. The van der Waals surface area contributed by atoms with Crippen molar-refractivity contribution in [1.82, 2.24) is 3.94 Å². The highest BCUT2D eigenvalue weighted by atomic mass is 35.5. The molecular weight excluding hydrogens is 213 g/mol. The van der Waals surface area contributed by atoms with Crippen molar-refractivity contribution >= 4 is 33.7 Å². The molecule has 0 amide bonds. The molecule has 0 aliphatic rings. The summed E-state index contributed by atoms with van der Waals surface area (Å²) in [5, 5.41) is 0. The summed E-state index contributed by atoms with van der Waals surface area (Å²) in [5.41, 5.74) is 0. The Labute approximate surface area is 76.1 Å². The molecular formula is C4H9Cl2NO3S. The van der Waals surface area contributed by atoms with Gasteiger partial charge in [0.15, 0.2) is 0 Å². The normalized spacial score (nSPS) is 15.4. The summed E-state index contributed by atoms with van der Waals surface area (Å²) in [6.07, 6.45) is 0. The van der Waals surface area contributed by atoms with Crippen LogP contribution in [-0.2, 0) is 10.1 Å². The van der Waals surface area contributed by atoms with E-state index in [1.54, 1.807) is 6.92 Å². The maximum absolute atomic E-state index is 10.3. The van der Waals surface area contributed by atoms with Gasteiger partial charge in [-0.25, -0.2) is 0 Å². The molecule has 68 valence electrons. The van der Waals surface area contributed by atoms with Crippen LogP contribution in [0.3, 0.4) is 0 Å². The molecule has 0 saturated heterocycles. The molecule has 0 heterocycles. The van der Waals surface area contributed by atoms with E-state index in [1.165, 1.54) is 0 Å². The first-order valence-electron chi connectivity index (χ1n) is 2.85. The molecule has 0 aromatic carbocycles. The molecule has 0 aromatic heterocycles. The van der Waals surface area contributed by atoms with Gasteiger partial charge in [-0.05, 0) is 29.5 Å². The van der Waals surface area contributed by atoms with Crippen LogP contribution in [0.1, 0.15) is 6.92 Å². The average molecular weight is 222 g/mol. The number of nitrogens with zero attached hydrogens (tertiary/aromatic N) is 1. The van der Waals surface area contributed by atoms with Gasteiger partial charge in [0.25, 0.3) is 10.1 Å². The van der Waals surface area contributed by atoms with Gasteiger partial charge in [0, 0.05) is 6.54 Å². The molecule has 1 N–H and O–H groups in total. The third-order valence-corrected chi connectivity index (χ3v) is 2.21. The molecule has 0 aliphatic heterocycles. The first kappa shape index (κ1) is 11.4. The van der Waals surface area contributed by atoms with Crippen LogP contribution >= 0.6 is 23.6 Å². The van der Waals surface area contributed by atoms with Gasteiger partial charge in [-0.15, -0.1) is 3.94 Å². The van der Waals surface area contributed by atoms with E-state index in [0.29, 0.717) is 0 Å². The minimum Gasteiger partial charge on any atom is -0.286 e. The molecule has 0 fully saturated rings. The fraction of sp³-hybridized carbons (Fsp3) is 1.00. The standard InChI is InChI=1S/C4H9Cl2NO3S/c1-4(2-7(5)6)3-11(8,9)10/h4H,2-3H2,1H3,(H,8,9,10). The minimum absolute atomic E-state index is 0.197.